The third kappa shape index (κ3) is 6.66. The van der Waals surface area contributed by atoms with Crippen LogP contribution in [-0.2, 0) is 17.8 Å². The minimum absolute atomic E-state index is 0. The van der Waals surface area contributed by atoms with Crippen LogP contribution in [-0.4, -0.2) is 50.1 Å². The molecular formula is C20H27IN4O2S. The molecule has 0 atom stereocenters. The van der Waals surface area contributed by atoms with Crippen molar-refractivity contribution in [2.45, 2.75) is 19.4 Å². The average Bonchev–Trinajstić information content (AvgIpc) is 3.18. The van der Waals surface area contributed by atoms with E-state index in [1.54, 1.807) is 18.4 Å². The first-order valence-corrected chi connectivity index (χ1v) is 10.1. The van der Waals surface area contributed by atoms with Gasteiger partial charge in [-0.1, -0.05) is 18.2 Å². The molecule has 152 valence electrons. The molecule has 2 N–H and O–H groups in total. The molecule has 0 saturated carbocycles. The molecule has 2 aromatic rings. The molecule has 28 heavy (non-hydrogen) atoms. The molecule has 0 bridgehead atoms. The molecule has 0 spiro atoms. The van der Waals surface area contributed by atoms with Gasteiger partial charge in [0.15, 0.2) is 5.96 Å². The molecule has 8 heteroatoms. The van der Waals surface area contributed by atoms with Crippen molar-refractivity contribution in [1.82, 2.24) is 15.5 Å². The summed E-state index contributed by atoms with van der Waals surface area (Å²) in [7, 11) is 1.72. The number of amides is 1. The first kappa shape index (κ1) is 22.5. The van der Waals surface area contributed by atoms with Gasteiger partial charge in [-0.2, -0.15) is 0 Å². The number of carbonyl (C=O) groups excluding carboxylic acids is 1. The molecule has 0 saturated heterocycles. The summed E-state index contributed by atoms with van der Waals surface area (Å²) in [5.41, 5.74) is 1.29. The normalized spacial score (nSPS) is 13.3. The standard InChI is InChI=1S/C20H26N4O2S.HI/c1-21-20(23-11-13-26-17-5-3-2-4-6-17)22-10-7-19(25)24-12-8-18-16(15-24)9-14-27-18;/h2-6,9,14H,7-8,10-13,15H2,1H3,(H2,21,22,23);1H. The lowest BCUT2D eigenvalue weighted by atomic mass is 10.1. The van der Waals surface area contributed by atoms with Crippen molar-refractivity contribution >= 4 is 47.2 Å². The fraction of sp³-hybridized carbons (Fsp3) is 0.400. The van der Waals surface area contributed by atoms with Crippen molar-refractivity contribution < 1.29 is 9.53 Å². The van der Waals surface area contributed by atoms with Crippen LogP contribution in [0, 0.1) is 0 Å². The lowest BCUT2D eigenvalue weighted by Crippen LogP contribution is -2.42. The van der Waals surface area contributed by atoms with Crippen LogP contribution in [0.3, 0.4) is 0 Å². The topological polar surface area (TPSA) is 66.0 Å². The van der Waals surface area contributed by atoms with Gasteiger partial charge >= 0.3 is 0 Å². The molecule has 1 aromatic carbocycles. The maximum absolute atomic E-state index is 12.4. The fourth-order valence-electron chi connectivity index (χ4n) is 2.98. The third-order valence-corrected chi connectivity index (χ3v) is 5.44. The summed E-state index contributed by atoms with van der Waals surface area (Å²) in [6, 6.07) is 11.8. The quantitative estimate of drug-likeness (QED) is 0.258. The number of halogens is 1. The summed E-state index contributed by atoms with van der Waals surface area (Å²) in [4.78, 5) is 20.0. The number of hydrogen-bond acceptors (Lipinski definition) is 4. The van der Waals surface area contributed by atoms with E-state index in [0.717, 1.165) is 25.3 Å². The lowest BCUT2D eigenvalue weighted by Gasteiger charge is -2.27. The second-order valence-electron chi connectivity index (χ2n) is 6.27. The number of thiophene rings is 1. The van der Waals surface area contributed by atoms with Crippen molar-refractivity contribution in [3.63, 3.8) is 0 Å². The van der Waals surface area contributed by atoms with Gasteiger partial charge in [0.1, 0.15) is 12.4 Å². The number of ether oxygens (including phenoxy) is 1. The van der Waals surface area contributed by atoms with Gasteiger partial charge in [0.05, 0.1) is 6.54 Å². The van der Waals surface area contributed by atoms with Gasteiger partial charge in [0, 0.05) is 38.0 Å². The molecule has 1 aliphatic heterocycles. The second-order valence-corrected chi connectivity index (χ2v) is 7.27. The van der Waals surface area contributed by atoms with Crippen molar-refractivity contribution in [3.05, 3.63) is 52.2 Å². The highest BCUT2D eigenvalue weighted by atomic mass is 127. The van der Waals surface area contributed by atoms with E-state index in [2.05, 4.69) is 27.1 Å². The highest BCUT2D eigenvalue weighted by molar-refractivity contribution is 14.0. The van der Waals surface area contributed by atoms with Crippen LogP contribution in [0.1, 0.15) is 16.9 Å². The second kappa shape index (κ2) is 11.9. The Balaban J connectivity index is 0.00000280. The Morgan fingerprint density at radius 2 is 2.00 bits per heavy atom. The molecule has 1 amide bonds. The van der Waals surface area contributed by atoms with Crippen molar-refractivity contribution in [3.8, 4) is 5.75 Å². The summed E-state index contributed by atoms with van der Waals surface area (Å²) < 4.78 is 5.64. The van der Waals surface area contributed by atoms with Gasteiger partial charge in [0.2, 0.25) is 5.91 Å². The zero-order valence-electron chi connectivity index (χ0n) is 16.0. The SMILES string of the molecule is CN=C(NCCOc1ccccc1)NCCC(=O)N1CCc2sccc2C1.I. The van der Waals surface area contributed by atoms with E-state index in [1.165, 1.54) is 10.4 Å². The Kier molecular flexibility index (Phi) is 9.56. The summed E-state index contributed by atoms with van der Waals surface area (Å²) in [5.74, 6) is 1.71. The zero-order valence-corrected chi connectivity index (χ0v) is 19.2. The number of benzene rings is 1. The van der Waals surface area contributed by atoms with E-state index in [4.69, 9.17) is 4.74 Å². The molecule has 6 nitrogen and oxygen atoms in total. The summed E-state index contributed by atoms with van der Waals surface area (Å²) in [6.45, 7) is 3.29. The number of guanidine groups is 1. The number of fused-ring (bicyclic) bond motifs is 1. The maximum Gasteiger partial charge on any atom is 0.224 e. The third-order valence-electron chi connectivity index (χ3n) is 4.42. The first-order valence-electron chi connectivity index (χ1n) is 9.21. The summed E-state index contributed by atoms with van der Waals surface area (Å²) in [6.07, 6.45) is 1.43. The molecule has 1 aromatic heterocycles. The predicted octanol–water partition coefficient (Wildman–Crippen LogP) is 2.88. The Bertz CT molecular complexity index is 767. The van der Waals surface area contributed by atoms with E-state index < -0.39 is 0 Å². The lowest BCUT2D eigenvalue weighted by molar-refractivity contribution is -0.131. The Labute approximate surface area is 187 Å². The van der Waals surface area contributed by atoms with Crippen molar-refractivity contribution in [1.29, 1.82) is 0 Å². The van der Waals surface area contributed by atoms with Crippen LogP contribution in [0.4, 0.5) is 0 Å². The van der Waals surface area contributed by atoms with Crippen LogP contribution in [0.15, 0.2) is 46.8 Å². The van der Waals surface area contributed by atoms with Crippen molar-refractivity contribution in [2.75, 3.05) is 33.3 Å². The minimum atomic E-state index is 0. The number of rotatable bonds is 7. The highest BCUT2D eigenvalue weighted by Crippen LogP contribution is 2.24. The largest absolute Gasteiger partial charge is 0.492 e. The Morgan fingerprint density at radius 1 is 1.21 bits per heavy atom. The molecule has 3 rings (SSSR count). The van der Waals surface area contributed by atoms with Gasteiger partial charge in [-0.25, -0.2) is 0 Å². The Morgan fingerprint density at radius 3 is 2.79 bits per heavy atom. The average molecular weight is 514 g/mol. The number of carbonyl (C=O) groups is 1. The van der Waals surface area contributed by atoms with Crippen LogP contribution in [0.2, 0.25) is 0 Å². The van der Waals surface area contributed by atoms with E-state index in [-0.39, 0.29) is 29.9 Å². The predicted molar refractivity (Wildman–Crippen MR) is 125 cm³/mol. The van der Waals surface area contributed by atoms with Crippen molar-refractivity contribution in [2.24, 2.45) is 4.99 Å². The summed E-state index contributed by atoms with van der Waals surface area (Å²) >= 11 is 1.79. The Hall–Kier alpha value is -1.81. The van der Waals surface area contributed by atoms with E-state index >= 15 is 0 Å². The summed E-state index contributed by atoms with van der Waals surface area (Å²) in [5, 5.41) is 8.49. The molecule has 0 aliphatic carbocycles. The maximum atomic E-state index is 12.4. The highest BCUT2D eigenvalue weighted by Gasteiger charge is 2.20. The fourth-order valence-corrected chi connectivity index (χ4v) is 3.87. The number of aliphatic imine (C=N–C) groups is 1. The van der Waals surface area contributed by atoms with Gasteiger partial charge in [-0.3, -0.25) is 9.79 Å². The molecule has 2 heterocycles. The molecule has 1 aliphatic rings. The number of hydrogen-bond donors (Lipinski definition) is 2. The van der Waals surface area contributed by atoms with Gasteiger partial charge in [0.25, 0.3) is 0 Å². The zero-order chi connectivity index (χ0) is 18.9. The van der Waals surface area contributed by atoms with Crippen LogP contribution < -0.4 is 15.4 Å². The smallest absolute Gasteiger partial charge is 0.224 e. The molecule has 0 fully saturated rings. The first-order chi connectivity index (χ1) is 13.3. The molecular weight excluding hydrogens is 487 g/mol. The van der Waals surface area contributed by atoms with Crippen LogP contribution >= 0.6 is 35.3 Å². The number of para-hydroxylation sites is 1. The number of nitrogens with one attached hydrogen (secondary N) is 2. The van der Waals surface area contributed by atoms with Gasteiger partial charge in [-0.15, -0.1) is 35.3 Å². The van der Waals surface area contributed by atoms with Crippen LogP contribution in [0.5, 0.6) is 5.75 Å². The van der Waals surface area contributed by atoms with E-state index in [9.17, 15) is 4.79 Å². The monoisotopic (exact) mass is 514 g/mol. The number of nitrogens with zero attached hydrogens (tertiary/aromatic N) is 2. The molecule has 0 radical (unpaired) electrons. The molecule has 0 unspecified atom stereocenters. The van der Waals surface area contributed by atoms with E-state index in [0.29, 0.717) is 32.1 Å². The van der Waals surface area contributed by atoms with E-state index in [1.807, 2.05) is 35.2 Å². The van der Waals surface area contributed by atoms with Gasteiger partial charge < -0.3 is 20.3 Å². The minimum Gasteiger partial charge on any atom is -0.492 e. The van der Waals surface area contributed by atoms with Crippen LogP contribution in [0.25, 0.3) is 0 Å². The van der Waals surface area contributed by atoms with Gasteiger partial charge in [-0.05, 0) is 35.6 Å².